The molecule has 1 aliphatic heterocycles. The fourth-order valence-electron chi connectivity index (χ4n) is 2.92. The Bertz CT molecular complexity index is 342. The lowest BCUT2D eigenvalue weighted by Gasteiger charge is -2.27. The predicted molar refractivity (Wildman–Crippen MR) is 65.1 cm³/mol. The molecule has 82 valence electrons. The highest BCUT2D eigenvalue weighted by Crippen LogP contribution is 2.42. The van der Waals surface area contributed by atoms with Crippen LogP contribution >= 0.6 is 0 Å². The Balaban J connectivity index is 2.31. The molecule has 0 saturated carbocycles. The summed E-state index contributed by atoms with van der Waals surface area (Å²) in [7, 11) is 2.23. The first-order chi connectivity index (χ1) is 6.94. The summed E-state index contributed by atoms with van der Waals surface area (Å²) in [5.41, 5.74) is 2.12. The number of nitrogens with zero attached hydrogens (tertiary/aromatic N) is 1. The normalized spacial score (nSPS) is 30.7. The Morgan fingerprint density at radius 1 is 1.07 bits per heavy atom. The zero-order valence-corrected chi connectivity index (χ0v) is 10.2. The molecular formula is C14H21N. The summed E-state index contributed by atoms with van der Waals surface area (Å²) in [4.78, 5) is 2.47. The molecule has 1 fully saturated rings. The van der Waals surface area contributed by atoms with Crippen LogP contribution in [0.2, 0.25) is 0 Å². The Labute approximate surface area is 93.1 Å². The largest absolute Gasteiger partial charge is 0.300 e. The van der Waals surface area contributed by atoms with Gasteiger partial charge in [0.05, 0.1) is 0 Å². The van der Waals surface area contributed by atoms with Crippen LogP contribution in [0.1, 0.15) is 32.8 Å². The Morgan fingerprint density at radius 2 is 1.67 bits per heavy atom. The molecule has 0 N–H and O–H groups in total. The second-order valence-electron chi connectivity index (χ2n) is 5.77. The molecule has 0 amide bonds. The summed E-state index contributed by atoms with van der Waals surface area (Å²) in [6.07, 6.45) is 1.24. The molecule has 1 aromatic rings. The third-order valence-electron chi connectivity index (χ3n) is 3.91. The maximum Gasteiger partial charge on any atom is 0.0159 e. The minimum Gasteiger partial charge on any atom is -0.300 e. The van der Waals surface area contributed by atoms with Crippen LogP contribution in [0.4, 0.5) is 0 Å². The zero-order valence-electron chi connectivity index (χ0n) is 10.2. The zero-order chi connectivity index (χ0) is 11.1. The molecule has 1 aromatic carbocycles. The van der Waals surface area contributed by atoms with E-state index in [4.69, 9.17) is 0 Å². The molecule has 0 aromatic heterocycles. The molecule has 0 bridgehead atoms. The highest BCUT2D eigenvalue weighted by atomic mass is 15.2. The van der Waals surface area contributed by atoms with Crippen LogP contribution in [-0.2, 0) is 5.41 Å². The summed E-state index contributed by atoms with van der Waals surface area (Å²) in [6.45, 7) is 8.21. The number of hydrogen-bond donors (Lipinski definition) is 0. The second-order valence-corrected chi connectivity index (χ2v) is 5.77. The molecule has 1 aliphatic rings. The number of rotatable bonds is 1. The van der Waals surface area contributed by atoms with Gasteiger partial charge in [-0.2, -0.15) is 0 Å². The van der Waals surface area contributed by atoms with Crippen molar-refractivity contribution in [3.63, 3.8) is 0 Å². The van der Waals surface area contributed by atoms with Crippen molar-refractivity contribution >= 4 is 0 Å². The van der Waals surface area contributed by atoms with Gasteiger partial charge >= 0.3 is 0 Å². The summed E-state index contributed by atoms with van der Waals surface area (Å²) in [5.74, 6) is 0. The van der Waals surface area contributed by atoms with Crippen molar-refractivity contribution in [1.29, 1.82) is 0 Å². The summed E-state index contributed by atoms with van der Waals surface area (Å²) in [5, 5.41) is 0. The molecule has 0 spiro atoms. The molecule has 15 heavy (non-hydrogen) atoms. The van der Waals surface area contributed by atoms with E-state index in [0.717, 1.165) is 6.54 Å². The summed E-state index contributed by atoms with van der Waals surface area (Å²) >= 11 is 0. The first-order valence-corrected chi connectivity index (χ1v) is 5.71. The summed E-state index contributed by atoms with van der Waals surface area (Å²) in [6, 6.07) is 10.9. The summed E-state index contributed by atoms with van der Waals surface area (Å²) < 4.78 is 0. The van der Waals surface area contributed by atoms with E-state index in [1.54, 1.807) is 0 Å². The monoisotopic (exact) mass is 203 g/mol. The molecular weight excluding hydrogens is 182 g/mol. The van der Waals surface area contributed by atoms with Gasteiger partial charge < -0.3 is 4.90 Å². The average Bonchev–Trinajstić information content (AvgIpc) is 2.38. The topological polar surface area (TPSA) is 3.24 Å². The highest BCUT2D eigenvalue weighted by molar-refractivity contribution is 5.28. The quantitative estimate of drug-likeness (QED) is 0.678. The Morgan fingerprint density at radius 3 is 2.13 bits per heavy atom. The third-order valence-corrected chi connectivity index (χ3v) is 3.91. The standard InChI is InChI=1S/C14H21N/c1-13(2)10-14(3,11-15(13)4)12-8-6-5-7-9-12/h5-9H,10-11H2,1-4H3. The highest BCUT2D eigenvalue weighted by Gasteiger charge is 2.44. The average molecular weight is 203 g/mol. The van der Waals surface area contributed by atoms with Gasteiger partial charge in [0.25, 0.3) is 0 Å². The Kier molecular flexibility index (Phi) is 2.38. The maximum atomic E-state index is 2.47. The van der Waals surface area contributed by atoms with Crippen LogP contribution < -0.4 is 0 Å². The van der Waals surface area contributed by atoms with Gasteiger partial charge in [-0.15, -0.1) is 0 Å². The molecule has 2 rings (SSSR count). The van der Waals surface area contributed by atoms with Gasteiger partial charge in [0, 0.05) is 17.5 Å². The molecule has 0 aliphatic carbocycles. The molecule has 1 atom stereocenters. The van der Waals surface area contributed by atoms with Crippen molar-refractivity contribution in [2.24, 2.45) is 0 Å². The van der Waals surface area contributed by atoms with Gasteiger partial charge in [0.1, 0.15) is 0 Å². The molecule has 0 radical (unpaired) electrons. The second kappa shape index (κ2) is 3.34. The van der Waals surface area contributed by atoms with E-state index < -0.39 is 0 Å². The lowest BCUT2D eigenvalue weighted by atomic mass is 9.78. The van der Waals surface area contributed by atoms with Crippen molar-refractivity contribution in [2.75, 3.05) is 13.6 Å². The fraction of sp³-hybridized carbons (Fsp3) is 0.571. The molecule has 1 unspecified atom stereocenters. The molecule has 1 nitrogen and oxygen atoms in total. The van der Waals surface area contributed by atoms with Crippen LogP contribution in [0, 0.1) is 0 Å². The first-order valence-electron chi connectivity index (χ1n) is 5.71. The van der Waals surface area contributed by atoms with E-state index in [0.29, 0.717) is 11.0 Å². The minimum absolute atomic E-state index is 0.319. The first kappa shape index (κ1) is 10.7. The molecule has 1 heteroatoms. The van der Waals surface area contributed by atoms with Gasteiger partial charge in [0.2, 0.25) is 0 Å². The minimum atomic E-state index is 0.319. The van der Waals surface area contributed by atoms with Crippen molar-refractivity contribution < 1.29 is 0 Å². The number of hydrogen-bond acceptors (Lipinski definition) is 1. The van der Waals surface area contributed by atoms with Crippen molar-refractivity contribution in [3.8, 4) is 0 Å². The lowest BCUT2D eigenvalue weighted by molar-refractivity contribution is 0.218. The van der Waals surface area contributed by atoms with Gasteiger partial charge in [-0.05, 0) is 32.9 Å². The molecule has 1 saturated heterocycles. The van der Waals surface area contributed by atoms with E-state index in [9.17, 15) is 0 Å². The number of benzene rings is 1. The Hall–Kier alpha value is -0.820. The van der Waals surface area contributed by atoms with Gasteiger partial charge in [-0.3, -0.25) is 0 Å². The number of likely N-dealkylation sites (N-methyl/N-ethyl adjacent to an activating group) is 1. The fourth-order valence-corrected chi connectivity index (χ4v) is 2.92. The lowest BCUT2D eigenvalue weighted by Crippen LogP contribution is -2.34. The molecule has 1 heterocycles. The third kappa shape index (κ3) is 1.81. The van der Waals surface area contributed by atoms with Crippen LogP contribution in [0.3, 0.4) is 0 Å². The van der Waals surface area contributed by atoms with Crippen molar-refractivity contribution in [1.82, 2.24) is 4.90 Å². The van der Waals surface area contributed by atoms with Gasteiger partial charge in [-0.1, -0.05) is 37.3 Å². The number of likely N-dealkylation sites (tertiary alicyclic amines) is 1. The van der Waals surface area contributed by atoms with E-state index >= 15 is 0 Å². The van der Waals surface area contributed by atoms with E-state index in [2.05, 4.69) is 63.1 Å². The van der Waals surface area contributed by atoms with E-state index in [1.165, 1.54) is 12.0 Å². The predicted octanol–water partition coefficient (Wildman–Crippen LogP) is 3.06. The van der Waals surface area contributed by atoms with Crippen LogP contribution in [0.5, 0.6) is 0 Å². The maximum absolute atomic E-state index is 2.47. The van der Waals surface area contributed by atoms with Gasteiger partial charge in [-0.25, -0.2) is 0 Å². The van der Waals surface area contributed by atoms with Crippen LogP contribution in [0.25, 0.3) is 0 Å². The SMILES string of the molecule is CN1CC(C)(c2ccccc2)CC1(C)C. The van der Waals surface area contributed by atoms with E-state index in [-0.39, 0.29) is 0 Å². The van der Waals surface area contributed by atoms with Crippen LogP contribution in [0.15, 0.2) is 30.3 Å². The van der Waals surface area contributed by atoms with Gasteiger partial charge in [0.15, 0.2) is 0 Å². The van der Waals surface area contributed by atoms with Crippen LogP contribution in [-0.4, -0.2) is 24.0 Å². The smallest absolute Gasteiger partial charge is 0.0159 e. The van der Waals surface area contributed by atoms with Crippen molar-refractivity contribution in [2.45, 2.75) is 38.1 Å². The van der Waals surface area contributed by atoms with E-state index in [1.807, 2.05) is 0 Å². The van der Waals surface area contributed by atoms with Crippen molar-refractivity contribution in [3.05, 3.63) is 35.9 Å².